The Kier molecular flexibility index (Phi) is 21.9. The lowest BCUT2D eigenvalue weighted by molar-refractivity contribution is -0.155. The third-order valence-electron chi connectivity index (χ3n) is 9.95. The molecule has 18 nitrogen and oxygen atoms in total. The molecular formula is C44H70N10O8. The third-order valence-corrected chi connectivity index (χ3v) is 9.95. The summed E-state index contributed by atoms with van der Waals surface area (Å²) in [6, 6.07) is 9.37. The fourth-order valence-corrected chi connectivity index (χ4v) is 6.16. The molecule has 0 unspecified atom stereocenters. The first-order chi connectivity index (χ1) is 29.1. The topological polar surface area (TPSA) is 291 Å². The van der Waals surface area contributed by atoms with Gasteiger partial charge in [0.05, 0.1) is 17.5 Å². The molecule has 8 amide bonds. The van der Waals surface area contributed by atoms with E-state index in [2.05, 4.69) is 51.1 Å². The molecule has 0 aliphatic rings. The summed E-state index contributed by atoms with van der Waals surface area (Å²) in [7, 11) is 0. The lowest BCUT2D eigenvalue weighted by atomic mass is 9.92. The summed E-state index contributed by atoms with van der Waals surface area (Å²) in [6.07, 6.45) is 2.08. The van der Waals surface area contributed by atoms with Crippen LogP contribution in [0.25, 0.3) is 0 Å². The molecule has 0 spiro atoms. The summed E-state index contributed by atoms with van der Waals surface area (Å²) in [5.41, 5.74) is 18.1. The van der Waals surface area contributed by atoms with E-state index in [0.29, 0.717) is 35.7 Å². The van der Waals surface area contributed by atoms with Gasteiger partial charge < -0.3 is 59.2 Å². The van der Waals surface area contributed by atoms with Crippen LogP contribution in [-0.2, 0) is 41.7 Å². The highest BCUT2D eigenvalue weighted by atomic mass is 16.5. The smallest absolute Gasteiger partial charge is 0.313 e. The first-order valence-electron chi connectivity index (χ1n) is 21.2. The summed E-state index contributed by atoms with van der Waals surface area (Å²) >= 11 is 0. The molecule has 2 aromatic rings. The molecule has 0 fully saturated rings. The van der Waals surface area contributed by atoms with E-state index in [-0.39, 0.29) is 50.9 Å². The van der Waals surface area contributed by atoms with Crippen molar-refractivity contribution in [3.63, 3.8) is 0 Å². The Hall–Kier alpha value is -5.75. The van der Waals surface area contributed by atoms with E-state index in [1.165, 1.54) is 0 Å². The number of ether oxygens (including phenoxy) is 1. The summed E-state index contributed by atoms with van der Waals surface area (Å²) in [6.45, 7) is 15.4. The normalized spacial score (nSPS) is 13.4. The second kappa shape index (κ2) is 25.9. The van der Waals surface area contributed by atoms with Crippen LogP contribution in [0.3, 0.4) is 0 Å². The average molecular weight is 867 g/mol. The van der Waals surface area contributed by atoms with Crippen molar-refractivity contribution in [1.29, 1.82) is 0 Å². The van der Waals surface area contributed by atoms with Crippen LogP contribution in [0.4, 0.5) is 21.0 Å². The Morgan fingerprint density at radius 1 is 0.629 bits per heavy atom. The first-order valence-corrected chi connectivity index (χ1v) is 21.2. The highest BCUT2D eigenvalue weighted by Crippen LogP contribution is 2.20. The number of nitrogens with two attached hydrogens (primary N) is 3. The van der Waals surface area contributed by atoms with Gasteiger partial charge >= 0.3 is 18.0 Å². The van der Waals surface area contributed by atoms with E-state index in [1.807, 2.05) is 38.1 Å². The Bertz CT molecular complexity index is 1780. The van der Waals surface area contributed by atoms with Crippen LogP contribution in [-0.4, -0.2) is 85.5 Å². The van der Waals surface area contributed by atoms with Gasteiger partial charge in [0.25, 0.3) is 0 Å². The third kappa shape index (κ3) is 19.3. The van der Waals surface area contributed by atoms with Crippen molar-refractivity contribution in [2.75, 3.05) is 30.3 Å². The van der Waals surface area contributed by atoms with Crippen molar-refractivity contribution < 1.29 is 38.3 Å². The maximum Gasteiger partial charge on any atom is 0.313 e. The number of anilines is 2. The number of benzene rings is 2. The van der Waals surface area contributed by atoms with Crippen molar-refractivity contribution in [3.8, 4) is 0 Å². The van der Waals surface area contributed by atoms with E-state index in [9.17, 15) is 33.6 Å². The summed E-state index contributed by atoms with van der Waals surface area (Å²) < 4.78 is 5.66. The number of hydrogen-bond acceptors (Lipinski definition) is 10. The summed E-state index contributed by atoms with van der Waals surface area (Å²) in [5.74, 6) is -2.21. The number of carbonyl (C=O) groups is 7. The minimum Gasteiger partial charge on any atom is -0.460 e. The molecule has 0 aromatic heterocycles. The monoisotopic (exact) mass is 867 g/mol. The van der Waals surface area contributed by atoms with Gasteiger partial charge in [-0.1, -0.05) is 65.8 Å². The molecule has 13 N–H and O–H groups in total. The Morgan fingerprint density at radius 2 is 1.08 bits per heavy atom. The van der Waals surface area contributed by atoms with Crippen molar-refractivity contribution in [1.82, 2.24) is 26.6 Å². The molecule has 0 aliphatic heterocycles. The van der Waals surface area contributed by atoms with Crippen molar-refractivity contribution in [2.45, 2.75) is 118 Å². The molecule has 0 bridgehead atoms. The number of esters is 1. The molecule has 18 heteroatoms. The zero-order valence-corrected chi connectivity index (χ0v) is 37.5. The van der Waals surface area contributed by atoms with E-state index in [4.69, 9.17) is 21.9 Å². The fourth-order valence-electron chi connectivity index (χ4n) is 6.16. The van der Waals surface area contributed by atoms with Crippen LogP contribution in [0.1, 0.15) is 92.2 Å². The van der Waals surface area contributed by atoms with Crippen molar-refractivity contribution in [3.05, 3.63) is 59.7 Å². The molecule has 0 saturated heterocycles. The lowest BCUT2D eigenvalue weighted by Crippen LogP contribution is -2.55. The second-order valence-electron chi connectivity index (χ2n) is 17.3. The molecule has 2 rings (SSSR count). The van der Waals surface area contributed by atoms with Crippen LogP contribution in [0.5, 0.6) is 0 Å². The molecule has 4 atom stereocenters. The molecular weight excluding hydrogens is 797 g/mol. The van der Waals surface area contributed by atoms with E-state index in [1.54, 1.807) is 52.0 Å². The minimum absolute atomic E-state index is 0.0644. The highest BCUT2D eigenvalue weighted by Gasteiger charge is 2.34. The van der Waals surface area contributed by atoms with E-state index < -0.39 is 71.2 Å². The number of urea groups is 2. The zero-order chi connectivity index (χ0) is 46.6. The first kappa shape index (κ1) is 52.4. The summed E-state index contributed by atoms with van der Waals surface area (Å²) in [4.78, 5) is 88.7. The average Bonchev–Trinajstić information content (AvgIpc) is 3.19. The maximum atomic E-state index is 13.7. The highest BCUT2D eigenvalue weighted by molar-refractivity contribution is 5.98. The van der Waals surface area contributed by atoms with Gasteiger partial charge in [-0.05, 0) is 99.1 Å². The van der Waals surface area contributed by atoms with Gasteiger partial charge in [-0.2, -0.15) is 0 Å². The quantitative estimate of drug-likeness (QED) is 0.0487. The van der Waals surface area contributed by atoms with Crippen LogP contribution in [0, 0.1) is 23.2 Å². The van der Waals surface area contributed by atoms with Gasteiger partial charge in [0.2, 0.25) is 23.6 Å². The van der Waals surface area contributed by atoms with Gasteiger partial charge in [0.15, 0.2) is 0 Å². The van der Waals surface area contributed by atoms with Gasteiger partial charge in [0.1, 0.15) is 18.7 Å². The number of hydrogen-bond donors (Lipinski definition) is 10. The van der Waals surface area contributed by atoms with Crippen LogP contribution in [0.2, 0.25) is 0 Å². The molecule has 344 valence electrons. The van der Waals surface area contributed by atoms with E-state index >= 15 is 0 Å². The molecule has 2 aromatic carbocycles. The number of amides is 8. The van der Waals surface area contributed by atoms with E-state index in [0.717, 1.165) is 12.0 Å². The molecule has 0 saturated carbocycles. The van der Waals surface area contributed by atoms with Crippen LogP contribution < -0.4 is 54.4 Å². The number of carbonyl (C=O) groups excluding carboxylic acids is 7. The molecule has 0 radical (unpaired) electrons. The molecule has 0 heterocycles. The molecule has 0 aliphatic carbocycles. The standard InChI is InChI=1S/C44H70N10O8/c1-26(2)23-29-13-17-31(18-14-29)51-38(56)34(12-10-22-49-43(47)61)54-40(58)36(28(5)6)50-25-44(7,8)41(59)62-24-30-15-19-32(20-16-30)52-37(55)33(11-9-21-48-42(46)60)53-39(57)35(45)27(3)4/h13-20,26-28,33-36,50H,9-12,21-25,45H2,1-8H3,(H,51,56)(H,52,55)(H,53,57)(H,54,58)(H3,46,48,60)(H3,47,49,61)/t33-,34-,35-,36-/m0/s1. The number of primary amides is 2. The van der Waals surface area contributed by atoms with Crippen LogP contribution >= 0.6 is 0 Å². The predicted molar refractivity (Wildman–Crippen MR) is 239 cm³/mol. The number of rotatable bonds is 26. The largest absolute Gasteiger partial charge is 0.460 e. The Labute approximate surface area is 365 Å². The Morgan fingerprint density at radius 3 is 1.50 bits per heavy atom. The van der Waals surface area contributed by atoms with Gasteiger partial charge in [-0.3, -0.25) is 24.0 Å². The van der Waals surface area contributed by atoms with Crippen LogP contribution in [0.15, 0.2) is 48.5 Å². The van der Waals surface area contributed by atoms with Gasteiger partial charge in [0, 0.05) is 31.0 Å². The SMILES string of the molecule is CC(C)Cc1ccc(NC(=O)[C@H](CCCNC(N)=O)NC(=O)[C@@H](NCC(C)(C)C(=O)OCc2ccc(NC(=O)[C@H](CCCNC(N)=O)NC(=O)[C@@H](N)C(C)C)cc2)C(C)C)cc1. The van der Waals surface area contributed by atoms with Crippen molar-refractivity contribution in [2.24, 2.45) is 40.4 Å². The zero-order valence-electron chi connectivity index (χ0n) is 37.5. The summed E-state index contributed by atoms with van der Waals surface area (Å²) in [5, 5.41) is 19.4. The van der Waals surface area contributed by atoms with Gasteiger partial charge in [-0.15, -0.1) is 0 Å². The lowest BCUT2D eigenvalue weighted by Gasteiger charge is -2.29. The maximum absolute atomic E-state index is 13.7. The van der Waals surface area contributed by atoms with Crippen molar-refractivity contribution >= 4 is 53.0 Å². The molecule has 62 heavy (non-hydrogen) atoms. The Balaban J connectivity index is 2.03. The minimum atomic E-state index is -1.06. The fraction of sp³-hybridized carbons (Fsp3) is 0.568. The predicted octanol–water partition coefficient (Wildman–Crippen LogP) is 3.00. The van der Waals surface area contributed by atoms with Gasteiger partial charge in [-0.25, -0.2) is 9.59 Å². The second-order valence-corrected chi connectivity index (χ2v) is 17.3. The number of nitrogens with one attached hydrogen (secondary N) is 7.